The van der Waals surface area contributed by atoms with Gasteiger partial charge in [-0.15, -0.1) is 0 Å². The zero-order chi connectivity index (χ0) is 15.4. The minimum atomic E-state index is 0.000146. The molecule has 0 bridgehead atoms. The highest BCUT2D eigenvalue weighted by molar-refractivity contribution is 5.78. The van der Waals surface area contributed by atoms with Crippen molar-refractivity contribution in [2.45, 2.75) is 31.7 Å². The van der Waals surface area contributed by atoms with Crippen molar-refractivity contribution in [3.05, 3.63) is 29.8 Å². The molecule has 1 aromatic carbocycles. The van der Waals surface area contributed by atoms with Crippen molar-refractivity contribution < 1.29 is 9.53 Å². The van der Waals surface area contributed by atoms with Gasteiger partial charge in [0.15, 0.2) is 0 Å². The fourth-order valence-electron chi connectivity index (χ4n) is 3.23. The van der Waals surface area contributed by atoms with Crippen LogP contribution in [-0.2, 0) is 0 Å². The summed E-state index contributed by atoms with van der Waals surface area (Å²) in [6, 6.07) is 8.15. The number of carbonyl (C=O) groups excluding carboxylic acids is 1. The summed E-state index contributed by atoms with van der Waals surface area (Å²) in [7, 11) is 0. The lowest BCUT2D eigenvalue weighted by Crippen LogP contribution is -2.51. The molecule has 22 heavy (non-hydrogen) atoms. The first-order valence-corrected chi connectivity index (χ1v) is 8.14. The third kappa shape index (κ3) is 3.53. The number of carbonyl (C=O) groups is 1. The Balaban J connectivity index is 1.42. The van der Waals surface area contributed by atoms with Crippen molar-refractivity contribution >= 4 is 6.03 Å². The van der Waals surface area contributed by atoms with Crippen LogP contribution in [-0.4, -0.2) is 49.3 Å². The van der Waals surface area contributed by atoms with E-state index in [-0.39, 0.29) is 11.6 Å². The molecule has 120 valence electrons. The van der Waals surface area contributed by atoms with E-state index in [1.807, 2.05) is 29.2 Å². The highest BCUT2D eigenvalue weighted by atomic mass is 16.5. The third-order valence-electron chi connectivity index (χ3n) is 4.58. The van der Waals surface area contributed by atoms with Crippen LogP contribution in [0.25, 0.3) is 0 Å². The number of nitrogens with zero attached hydrogens (tertiary/aromatic N) is 1. The second-order valence-corrected chi connectivity index (χ2v) is 6.40. The average Bonchev–Trinajstić information content (AvgIpc) is 2.82. The second-order valence-electron chi connectivity index (χ2n) is 6.40. The van der Waals surface area contributed by atoms with Crippen LogP contribution in [0.15, 0.2) is 24.3 Å². The molecule has 0 radical (unpaired) electrons. The van der Waals surface area contributed by atoms with E-state index in [1.165, 1.54) is 5.56 Å². The smallest absolute Gasteiger partial charge is 0.317 e. The number of nitrogens with one attached hydrogen (secondary N) is 2. The third-order valence-corrected chi connectivity index (χ3v) is 4.58. The molecular formula is C17H25N3O2. The molecule has 2 saturated heterocycles. The summed E-state index contributed by atoms with van der Waals surface area (Å²) in [6.45, 7) is 6.27. The molecule has 5 nitrogen and oxygen atoms in total. The van der Waals surface area contributed by atoms with E-state index in [1.54, 1.807) is 0 Å². The highest BCUT2D eigenvalue weighted by Crippen LogP contribution is 2.25. The van der Waals surface area contributed by atoms with Crippen molar-refractivity contribution in [3.63, 3.8) is 0 Å². The zero-order valence-corrected chi connectivity index (χ0v) is 13.2. The maximum absolute atomic E-state index is 12.1. The van der Waals surface area contributed by atoms with Crippen LogP contribution >= 0.6 is 0 Å². The predicted molar refractivity (Wildman–Crippen MR) is 86.2 cm³/mol. The predicted octanol–water partition coefficient (Wildman–Crippen LogP) is 1.91. The molecule has 1 aromatic rings. The molecule has 2 aliphatic heterocycles. The number of hydrogen-bond donors (Lipinski definition) is 2. The van der Waals surface area contributed by atoms with Gasteiger partial charge in [0.1, 0.15) is 5.75 Å². The number of hydrogen-bond acceptors (Lipinski definition) is 3. The molecule has 2 N–H and O–H groups in total. The summed E-state index contributed by atoms with van der Waals surface area (Å²) in [6.07, 6.45) is 2.90. The molecule has 3 rings (SSSR count). The van der Waals surface area contributed by atoms with Crippen molar-refractivity contribution in [2.75, 3.05) is 32.8 Å². The van der Waals surface area contributed by atoms with Crippen LogP contribution in [0.5, 0.6) is 5.75 Å². The Morgan fingerprint density at radius 2 is 1.95 bits per heavy atom. The van der Waals surface area contributed by atoms with E-state index in [0.29, 0.717) is 6.61 Å². The van der Waals surface area contributed by atoms with Gasteiger partial charge in [-0.05, 0) is 51.4 Å². The summed E-state index contributed by atoms with van der Waals surface area (Å²) in [5, 5.41) is 6.54. The highest BCUT2D eigenvalue weighted by Gasteiger charge is 2.42. The Hall–Kier alpha value is -1.75. The minimum Gasteiger partial charge on any atom is -0.494 e. The van der Waals surface area contributed by atoms with Gasteiger partial charge in [0, 0.05) is 13.1 Å². The normalized spacial score (nSPS) is 20.2. The fourth-order valence-corrected chi connectivity index (χ4v) is 3.23. The maximum Gasteiger partial charge on any atom is 0.317 e. The summed E-state index contributed by atoms with van der Waals surface area (Å²) in [5.74, 6) is 0.895. The Bertz CT molecular complexity index is 509. The number of urea groups is 1. The number of aryl methyl sites for hydroxylation is 1. The SMILES string of the molecule is Cc1ccc(OCCCN2CC3(CCNCC3)NC2=O)cc1. The fraction of sp³-hybridized carbons (Fsp3) is 0.588. The number of ether oxygens (including phenoxy) is 1. The van der Waals surface area contributed by atoms with Gasteiger partial charge in [-0.1, -0.05) is 17.7 Å². The topological polar surface area (TPSA) is 53.6 Å². The van der Waals surface area contributed by atoms with Gasteiger partial charge in [-0.25, -0.2) is 4.79 Å². The van der Waals surface area contributed by atoms with Crippen molar-refractivity contribution in [1.82, 2.24) is 15.5 Å². The summed E-state index contributed by atoms with van der Waals surface area (Å²) >= 11 is 0. The standard InChI is InChI=1S/C17H25N3O2/c1-14-3-5-15(6-4-14)22-12-2-11-20-13-17(19-16(20)21)7-9-18-10-8-17/h3-6,18H,2,7-13H2,1H3,(H,19,21). The van der Waals surface area contributed by atoms with Gasteiger partial charge >= 0.3 is 6.03 Å². The molecule has 2 heterocycles. The maximum atomic E-state index is 12.1. The molecule has 0 unspecified atom stereocenters. The molecule has 2 aliphatic rings. The van der Waals surface area contributed by atoms with Crippen LogP contribution in [0, 0.1) is 6.92 Å². The van der Waals surface area contributed by atoms with Gasteiger partial charge in [0.2, 0.25) is 0 Å². The summed E-state index contributed by atoms with van der Waals surface area (Å²) < 4.78 is 5.72. The lowest BCUT2D eigenvalue weighted by Gasteiger charge is -2.33. The van der Waals surface area contributed by atoms with Crippen LogP contribution < -0.4 is 15.4 Å². The van der Waals surface area contributed by atoms with Crippen LogP contribution in [0.4, 0.5) is 4.79 Å². The Labute approximate surface area is 132 Å². The second kappa shape index (κ2) is 6.57. The van der Waals surface area contributed by atoms with E-state index in [4.69, 9.17) is 4.74 Å². The molecule has 0 aromatic heterocycles. The van der Waals surface area contributed by atoms with Crippen molar-refractivity contribution in [1.29, 1.82) is 0 Å². The number of piperidine rings is 1. The molecule has 2 amide bonds. The lowest BCUT2D eigenvalue weighted by atomic mass is 9.89. The van der Waals surface area contributed by atoms with Gasteiger partial charge in [-0.2, -0.15) is 0 Å². The number of amides is 2. The molecule has 2 fully saturated rings. The van der Waals surface area contributed by atoms with E-state index in [2.05, 4.69) is 17.6 Å². The summed E-state index contributed by atoms with van der Waals surface area (Å²) in [5.41, 5.74) is 1.23. The summed E-state index contributed by atoms with van der Waals surface area (Å²) in [4.78, 5) is 14.0. The Morgan fingerprint density at radius 3 is 2.68 bits per heavy atom. The molecule has 0 saturated carbocycles. The largest absolute Gasteiger partial charge is 0.494 e. The lowest BCUT2D eigenvalue weighted by molar-refractivity contribution is 0.210. The minimum absolute atomic E-state index is 0.000146. The van der Waals surface area contributed by atoms with Gasteiger partial charge in [-0.3, -0.25) is 0 Å². The first kappa shape index (κ1) is 15.2. The van der Waals surface area contributed by atoms with E-state index >= 15 is 0 Å². The van der Waals surface area contributed by atoms with Gasteiger partial charge in [0.05, 0.1) is 12.1 Å². The molecule has 5 heteroatoms. The van der Waals surface area contributed by atoms with Gasteiger partial charge in [0.25, 0.3) is 0 Å². The van der Waals surface area contributed by atoms with E-state index in [0.717, 1.165) is 51.2 Å². The van der Waals surface area contributed by atoms with Crippen LogP contribution in [0.3, 0.4) is 0 Å². The van der Waals surface area contributed by atoms with Gasteiger partial charge < -0.3 is 20.3 Å². The molecule has 0 aliphatic carbocycles. The molecular weight excluding hydrogens is 278 g/mol. The quantitative estimate of drug-likeness (QED) is 0.817. The van der Waals surface area contributed by atoms with Crippen LogP contribution in [0.1, 0.15) is 24.8 Å². The van der Waals surface area contributed by atoms with E-state index < -0.39 is 0 Å². The molecule has 1 spiro atoms. The molecule has 0 atom stereocenters. The van der Waals surface area contributed by atoms with Crippen molar-refractivity contribution in [3.8, 4) is 5.75 Å². The first-order valence-electron chi connectivity index (χ1n) is 8.14. The van der Waals surface area contributed by atoms with Crippen LogP contribution in [0.2, 0.25) is 0 Å². The Kier molecular flexibility index (Phi) is 4.52. The first-order chi connectivity index (χ1) is 10.7. The zero-order valence-electron chi connectivity index (χ0n) is 13.2. The van der Waals surface area contributed by atoms with E-state index in [9.17, 15) is 4.79 Å². The van der Waals surface area contributed by atoms with Crippen molar-refractivity contribution in [2.24, 2.45) is 0 Å². The Morgan fingerprint density at radius 1 is 1.23 bits per heavy atom. The average molecular weight is 303 g/mol. The number of rotatable bonds is 5. The number of benzene rings is 1. The monoisotopic (exact) mass is 303 g/mol.